The zero-order valence-corrected chi connectivity index (χ0v) is 50.8. The molecule has 0 rings (SSSR count). The van der Waals surface area contributed by atoms with Crippen LogP contribution in [0.5, 0.6) is 0 Å². The third kappa shape index (κ3) is 61.4. The van der Waals surface area contributed by atoms with Gasteiger partial charge in [-0.15, -0.1) is 0 Å². The molecule has 0 bridgehead atoms. The Labute approximate surface area is 469 Å². The standard InChI is InChI=1S/C69H133NO5/c1-3-5-7-9-11-13-15-39-43-47-51-55-59-63-69(74)75-64-60-56-52-48-44-41-38-36-34-32-30-28-26-24-22-20-18-16-17-19-21-23-25-27-29-31-33-35-37-40-42-46-50-54-58-62-68(73)70-66(65-71)67(72)61-57-53-49-45-14-12-10-8-6-4-2/h18,20,24,26,66-67,71-72H,3-17,19,21-23,25,27-65H2,1-2H3,(H,70,73)/b20-18-,26-24-. The monoisotopic (exact) mass is 1060 g/mol. The number of ether oxygens (including phenoxy) is 1. The van der Waals surface area contributed by atoms with Gasteiger partial charge in [0.05, 0.1) is 25.4 Å². The Morgan fingerprint density at radius 1 is 0.373 bits per heavy atom. The lowest BCUT2D eigenvalue weighted by Gasteiger charge is -2.22. The topological polar surface area (TPSA) is 95.9 Å². The molecule has 75 heavy (non-hydrogen) atoms. The SMILES string of the molecule is CCCCCCCCCCCCCCCC(=O)OCCCCCCCCCCCCC/C=C\C/C=C\CCCCCCCCCCCCCCCCCCCC(=O)NC(CO)C(O)CCCCCCCCCCCC. The lowest BCUT2D eigenvalue weighted by Crippen LogP contribution is -2.45. The Kier molecular flexibility index (Phi) is 63.4. The number of hydrogen-bond acceptors (Lipinski definition) is 5. The maximum absolute atomic E-state index is 12.4. The first-order valence-corrected chi connectivity index (χ1v) is 34.1. The van der Waals surface area contributed by atoms with E-state index in [0.717, 1.165) is 44.9 Å². The first kappa shape index (κ1) is 73.3. The van der Waals surface area contributed by atoms with E-state index < -0.39 is 12.1 Å². The minimum absolute atomic E-state index is 0.0187. The van der Waals surface area contributed by atoms with Crippen molar-refractivity contribution in [2.45, 2.75) is 392 Å². The van der Waals surface area contributed by atoms with Gasteiger partial charge >= 0.3 is 5.97 Å². The van der Waals surface area contributed by atoms with Crippen molar-refractivity contribution in [2.24, 2.45) is 0 Å². The highest BCUT2D eigenvalue weighted by molar-refractivity contribution is 5.76. The minimum Gasteiger partial charge on any atom is -0.466 e. The molecule has 0 heterocycles. The molecule has 0 aliphatic rings. The summed E-state index contributed by atoms with van der Waals surface area (Å²) in [7, 11) is 0. The summed E-state index contributed by atoms with van der Waals surface area (Å²) in [5, 5.41) is 23.2. The Bertz CT molecular complexity index is 1170. The fourth-order valence-corrected chi connectivity index (χ4v) is 10.8. The number of esters is 1. The summed E-state index contributed by atoms with van der Waals surface area (Å²) in [6, 6.07) is -0.537. The molecule has 2 unspecified atom stereocenters. The summed E-state index contributed by atoms with van der Waals surface area (Å²) in [5.41, 5.74) is 0. The molecule has 3 N–H and O–H groups in total. The number of hydrogen-bond donors (Lipinski definition) is 3. The van der Waals surface area contributed by atoms with E-state index in [1.54, 1.807) is 0 Å². The average molecular weight is 1060 g/mol. The van der Waals surface area contributed by atoms with E-state index in [4.69, 9.17) is 4.74 Å². The third-order valence-corrected chi connectivity index (χ3v) is 16.0. The van der Waals surface area contributed by atoms with Crippen LogP contribution in [0, 0.1) is 0 Å². The van der Waals surface area contributed by atoms with Crippen molar-refractivity contribution in [3.05, 3.63) is 24.3 Å². The van der Waals surface area contributed by atoms with Gasteiger partial charge in [-0.05, 0) is 57.8 Å². The van der Waals surface area contributed by atoms with Gasteiger partial charge in [-0.25, -0.2) is 0 Å². The van der Waals surface area contributed by atoms with Crippen molar-refractivity contribution >= 4 is 11.9 Å². The zero-order valence-electron chi connectivity index (χ0n) is 50.8. The van der Waals surface area contributed by atoms with E-state index in [1.165, 1.54) is 302 Å². The molecule has 0 aliphatic heterocycles. The Balaban J connectivity index is 3.34. The summed E-state index contributed by atoms with van der Waals surface area (Å²) in [4.78, 5) is 24.5. The summed E-state index contributed by atoms with van der Waals surface area (Å²) in [5.74, 6) is -0.0139. The molecule has 444 valence electrons. The second kappa shape index (κ2) is 64.9. The summed E-state index contributed by atoms with van der Waals surface area (Å²) < 4.78 is 5.48. The van der Waals surface area contributed by atoms with Gasteiger partial charge in [0.15, 0.2) is 0 Å². The van der Waals surface area contributed by atoms with Crippen LogP contribution in [0.4, 0.5) is 0 Å². The van der Waals surface area contributed by atoms with Crippen LogP contribution < -0.4 is 5.32 Å². The fraction of sp³-hybridized carbons (Fsp3) is 0.913. The highest BCUT2D eigenvalue weighted by atomic mass is 16.5. The van der Waals surface area contributed by atoms with Crippen molar-refractivity contribution in [3.63, 3.8) is 0 Å². The van der Waals surface area contributed by atoms with Crippen LogP contribution in [0.3, 0.4) is 0 Å². The molecule has 1 amide bonds. The van der Waals surface area contributed by atoms with Crippen LogP contribution in [-0.4, -0.2) is 47.4 Å². The van der Waals surface area contributed by atoms with Crippen LogP contribution in [-0.2, 0) is 14.3 Å². The van der Waals surface area contributed by atoms with E-state index >= 15 is 0 Å². The number of carbonyl (C=O) groups is 2. The predicted octanol–water partition coefficient (Wildman–Crippen LogP) is 21.8. The summed E-state index contributed by atoms with van der Waals surface area (Å²) in [6.07, 6.45) is 80.9. The van der Waals surface area contributed by atoms with Gasteiger partial charge in [0.25, 0.3) is 0 Å². The molecular formula is C69H133NO5. The first-order valence-electron chi connectivity index (χ1n) is 34.1. The minimum atomic E-state index is -0.660. The molecule has 0 aromatic carbocycles. The van der Waals surface area contributed by atoms with Crippen LogP contribution in [0.15, 0.2) is 24.3 Å². The Morgan fingerprint density at radius 3 is 1.01 bits per heavy atom. The average Bonchev–Trinajstić information content (AvgIpc) is 3.41. The molecule has 0 aliphatic carbocycles. The predicted molar refractivity (Wildman–Crippen MR) is 329 cm³/mol. The van der Waals surface area contributed by atoms with Gasteiger partial charge in [0.1, 0.15) is 0 Å². The first-order chi connectivity index (χ1) is 37.0. The second-order valence-corrected chi connectivity index (χ2v) is 23.5. The zero-order chi connectivity index (χ0) is 54.3. The smallest absolute Gasteiger partial charge is 0.305 e. The van der Waals surface area contributed by atoms with E-state index in [0.29, 0.717) is 25.9 Å². The molecule has 0 aromatic heterocycles. The fourth-order valence-electron chi connectivity index (χ4n) is 10.8. The number of carbonyl (C=O) groups excluding carboxylic acids is 2. The number of rotatable bonds is 64. The van der Waals surface area contributed by atoms with Crippen LogP contribution >= 0.6 is 0 Å². The summed E-state index contributed by atoms with van der Waals surface area (Å²) >= 11 is 0. The number of allylic oxidation sites excluding steroid dienone is 4. The maximum atomic E-state index is 12.4. The second-order valence-electron chi connectivity index (χ2n) is 23.5. The lowest BCUT2D eigenvalue weighted by atomic mass is 10.0. The Morgan fingerprint density at radius 2 is 0.667 bits per heavy atom. The van der Waals surface area contributed by atoms with Gasteiger partial charge in [-0.3, -0.25) is 9.59 Å². The normalized spacial score (nSPS) is 12.6. The molecule has 0 radical (unpaired) electrons. The van der Waals surface area contributed by atoms with Crippen molar-refractivity contribution in [1.29, 1.82) is 0 Å². The van der Waals surface area contributed by atoms with Crippen LogP contribution in [0.25, 0.3) is 0 Å². The molecular weight excluding hydrogens is 923 g/mol. The number of aliphatic hydroxyl groups excluding tert-OH is 2. The van der Waals surface area contributed by atoms with Gasteiger partial charge in [0, 0.05) is 12.8 Å². The third-order valence-electron chi connectivity index (χ3n) is 16.0. The number of unbranched alkanes of at least 4 members (excludes halogenated alkanes) is 49. The van der Waals surface area contributed by atoms with Crippen LogP contribution in [0.2, 0.25) is 0 Å². The van der Waals surface area contributed by atoms with Crippen molar-refractivity contribution < 1.29 is 24.5 Å². The van der Waals surface area contributed by atoms with Crippen LogP contribution in [0.1, 0.15) is 380 Å². The highest BCUT2D eigenvalue weighted by Gasteiger charge is 2.20. The van der Waals surface area contributed by atoms with Gasteiger partial charge in [-0.2, -0.15) is 0 Å². The highest BCUT2D eigenvalue weighted by Crippen LogP contribution is 2.18. The molecule has 6 heteroatoms. The maximum Gasteiger partial charge on any atom is 0.305 e. The van der Waals surface area contributed by atoms with Gasteiger partial charge in [0.2, 0.25) is 5.91 Å². The van der Waals surface area contributed by atoms with Crippen molar-refractivity contribution in [1.82, 2.24) is 5.32 Å². The molecule has 0 aromatic rings. The quantitative estimate of drug-likeness (QED) is 0.0320. The van der Waals surface area contributed by atoms with E-state index in [-0.39, 0.29) is 18.5 Å². The summed E-state index contributed by atoms with van der Waals surface area (Å²) in [6.45, 7) is 4.96. The number of nitrogens with one attached hydrogen (secondary N) is 1. The molecule has 0 spiro atoms. The van der Waals surface area contributed by atoms with E-state index in [2.05, 4.69) is 43.5 Å². The molecule has 0 saturated heterocycles. The largest absolute Gasteiger partial charge is 0.466 e. The lowest BCUT2D eigenvalue weighted by molar-refractivity contribution is -0.143. The molecule has 6 nitrogen and oxygen atoms in total. The van der Waals surface area contributed by atoms with Crippen molar-refractivity contribution in [3.8, 4) is 0 Å². The molecule has 0 saturated carbocycles. The number of amides is 1. The number of aliphatic hydroxyl groups is 2. The van der Waals surface area contributed by atoms with E-state index in [9.17, 15) is 19.8 Å². The molecule has 2 atom stereocenters. The molecule has 0 fully saturated rings. The van der Waals surface area contributed by atoms with Gasteiger partial charge in [-0.1, -0.05) is 334 Å². The Hall–Kier alpha value is -1.66. The van der Waals surface area contributed by atoms with E-state index in [1.807, 2.05) is 0 Å². The van der Waals surface area contributed by atoms with Gasteiger partial charge < -0.3 is 20.3 Å². The van der Waals surface area contributed by atoms with Crippen molar-refractivity contribution in [2.75, 3.05) is 13.2 Å².